The molecule has 0 aliphatic carbocycles. The third kappa shape index (κ3) is 1.78. The molecule has 2 nitrogen and oxygen atoms in total. The second kappa shape index (κ2) is 3.81. The van der Waals surface area contributed by atoms with Crippen LogP contribution in [0.4, 0.5) is 0 Å². The minimum Gasteiger partial charge on any atom is -0.360 e. The van der Waals surface area contributed by atoms with E-state index in [1.54, 1.807) is 0 Å². The maximum Gasteiger partial charge on any atom is 0.158 e. The van der Waals surface area contributed by atoms with Crippen molar-refractivity contribution in [3.63, 3.8) is 0 Å². The van der Waals surface area contributed by atoms with Gasteiger partial charge in [-0.15, -0.1) is 0 Å². The monoisotopic (exact) mass is 187 g/mol. The third-order valence-electron chi connectivity index (χ3n) is 2.64. The summed E-state index contributed by atoms with van der Waals surface area (Å²) in [6.07, 6.45) is 2.57. The molecule has 1 atom stereocenters. The fourth-order valence-corrected chi connectivity index (χ4v) is 1.89. The Balaban J connectivity index is 2.13. The first-order chi connectivity index (χ1) is 6.85. The number of hydrogen-bond acceptors (Lipinski definition) is 2. The van der Waals surface area contributed by atoms with Crippen molar-refractivity contribution < 1.29 is 4.74 Å². The predicted molar refractivity (Wildman–Crippen MR) is 53.7 cm³/mol. The molecule has 0 aromatic heterocycles. The molecule has 14 heavy (non-hydrogen) atoms. The van der Waals surface area contributed by atoms with Gasteiger partial charge < -0.3 is 4.74 Å². The van der Waals surface area contributed by atoms with Gasteiger partial charge in [0.2, 0.25) is 0 Å². The second-order valence-corrected chi connectivity index (χ2v) is 3.72. The van der Waals surface area contributed by atoms with E-state index in [2.05, 4.69) is 6.07 Å². The molecule has 2 rings (SSSR count). The Hall–Kier alpha value is -1.33. The maximum atomic E-state index is 9.10. The number of rotatable bonds is 2. The van der Waals surface area contributed by atoms with Crippen LogP contribution in [0.15, 0.2) is 30.3 Å². The average molecular weight is 187 g/mol. The van der Waals surface area contributed by atoms with Crippen LogP contribution in [0.2, 0.25) is 0 Å². The summed E-state index contributed by atoms with van der Waals surface area (Å²) in [5.41, 5.74) is 0.623. The number of benzene rings is 1. The zero-order valence-electron chi connectivity index (χ0n) is 8.07. The van der Waals surface area contributed by atoms with E-state index in [-0.39, 0.29) is 0 Å². The van der Waals surface area contributed by atoms with Crippen LogP contribution < -0.4 is 0 Å². The van der Waals surface area contributed by atoms with Gasteiger partial charge in [0, 0.05) is 13.0 Å². The van der Waals surface area contributed by atoms with Crippen molar-refractivity contribution in [1.29, 1.82) is 5.26 Å². The van der Waals surface area contributed by atoms with Crippen LogP contribution in [0.3, 0.4) is 0 Å². The molecule has 1 unspecified atom stereocenters. The van der Waals surface area contributed by atoms with Crippen LogP contribution >= 0.6 is 0 Å². The first kappa shape index (κ1) is 9.23. The second-order valence-electron chi connectivity index (χ2n) is 3.72. The molecule has 1 aromatic rings. The highest BCUT2D eigenvalue weighted by atomic mass is 16.5. The first-order valence-electron chi connectivity index (χ1n) is 4.94. The number of ether oxygens (including phenoxy) is 1. The van der Waals surface area contributed by atoms with Crippen LogP contribution in [-0.2, 0) is 11.2 Å². The highest BCUT2D eigenvalue weighted by molar-refractivity contribution is 5.21. The quantitative estimate of drug-likeness (QED) is 0.711. The van der Waals surface area contributed by atoms with Gasteiger partial charge in [0.15, 0.2) is 5.60 Å². The predicted octanol–water partition coefficient (Wildman–Crippen LogP) is 2.30. The molecular weight excluding hydrogens is 174 g/mol. The highest BCUT2D eigenvalue weighted by Crippen LogP contribution is 2.28. The molecule has 0 amide bonds. The summed E-state index contributed by atoms with van der Waals surface area (Å²) in [6, 6.07) is 12.4. The summed E-state index contributed by atoms with van der Waals surface area (Å²) in [6.45, 7) is 0.723. The lowest BCUT2D eigenvalue weighted by molar-refractivity contribution is 0.0522. The van der Waals surface area contributed by atoms with Crippen LogP contribution in [0.5, 0.6) is 0 Å². The fourth-order valence-electron chi connectivity index (χ4n) is 1.89. The Morgan fingerprint density at radius 1 is 1.36 bits per heavy atom. The Morgan fingerprint density at radius 2 is 2.14 bits per heavy atom. The Kier molecular flexibility index (Phi) is 2.51. The summed E-state index contributed by atoms with van der Waals surface area (Å²) in [7, 11) is 0. The topological polar surface area (TPSA) is 33.0 Å². The standard InChI is InChI=1S/C12H13NO/c13-10-12(7-4-8-14-12)9-11-5-2-1-3-6-11/h1-3,5-6H,4,7-9H2. The molecule has 0 bridgehead atoms. The van der Waals surface area contributed by atoms with Crippen LogP contribution in [0.1, 0.15) is 18.4 Å². The van der Waals surface area contributed by atoms with Gasteiger partial charge in [-0.3, -0.25) is 0 Å². The van der Waals surface area contributed by atoms with Crippen LogP contribution in [0, 0.1) is 11.3 Å². The minimum atomic E-state index is -0.554. The highest BCUT2D eigenvalue weighted by Gasteiger charge is 2.35. The molecule has 72 valence electrons. The summed E-state index contributed by atoms with van der Waals surface area (Å²) in [5, 5.41) is 9.10. The van der Waals surface area contributed by atoms with Crippen molar-refractivity contribution in [1.82, 2.24) is 0 Å². The van der Waals surface area contributed by atoms with E-state index in [0.29, 0.717) is 6.42 Å². The van der Waals surface area contributed by atoms with Crippen LogP contribution in [-0.4, -0.2) is 12.2 Å². The number of nitriles is 1. The van der Waals surface area contributed by atoms with E-state index in [1.165, 1.54) is 5.56 Å². The zero-order valence-corrected chi connectivity index (χ0v) is 8.07. The van der Waals surface area contributed by atoms with Gasteiger partial charge in [0.1, 0.15) is 0 Å². The Bertz CT molecular complexity index is 333. The van der Waals surface area contributed by atoms with Crippen molar-refractivity contribution >= 4 is 0 Å². The number of nitrogens with zero attached hydrogens (tertiary/aromatic N) is 1. The van der Waals surface area contributed by atoms with E-state index in [4.69, 9.17) is 10.00 Å². The molecule has 0 saturated carbocycles. The summed E-state index contributed by atoms with van der Waals surface area (Å²) < 4.78 is 5.53. The lowest BCUT2D eigenvalue weighted by Gasteiger charge is -2.19. The molecule has 0 N–H and O–H groups in total. The summed E-state index contributed by atoms with van der Waals surface area (Å²) in [4.78, 5) is 0. The molecule has 1 fully saturated rings. The molecule has 0 radical (unpaired) electrons. The molecule has 0 spiro atoms. The van der Waals surface area contributed by atoms with Gasteiger partial charge in [0.25, 0.3) is 0 Å². The van der Waals surface area contributed by atoms with Gasteiger partial charge in [-0.2, -0.15) is 5.26 Å². The van der Waals surface area contributed by atoms with Crippen molar-refractivity contribution in [2.75, 3.05) is 6.61 Å². The van der Waals surface area contributed by atoms with Crippen molar-refractivity contribution in [3.8, 4) is 6.07 Å². The third-order valence-corrected chi connectivity index (χ3v) is 2.64. The van der Waals surface area contributed by atoms with Gasteiger partial charge in [-0.25, -0.2) is 0 Å². The Morgan fingerprint density at radius 3 is 2.71 bits per heavy atom. The zero-order chi connectivity index (χ0) is 9.86. The smallest absolute Gasteiger partial charge is 0.158 e. The molecule has 1 heterocycles. The SMILES string of the molecule is N#CC1(Cc2ccccc2)CCCO1. The fraction of sp³-hybridized carbons (Fsp3) is 0.417. The van der Waals surface area contributed by atoms with Gasteiger partial charge in [-0.1, -0.05) is 30.3 Å². The average Bonchev–Trinajstić information content (AvgIpc) is 2.69. The van der Waals surface area contributed by atoms with E-state index in [1.807, 2.05) is 30.3 Å². The Labute approximate surface area is 84.1 Å². The lowest BCUT2D eigenvalue weighted by Crippen LogP contribution is -2.28. The summed E-state index contributed by atoms with van der Waals surface area (Å²) >= 11 is 0. The number of hydrogen-bond donors (Lipinski definition) is 0. The molecular formula is C12H13NO. The molecule has 1 aliphatic rings. The lowest BCUT2D eigenvalue weighted by atomic mass is 9.93. The van der Waals surface area contributed by atoms with Crippen molar-refractivity contribution in [2.24, 2.45) is 0 Å². The van der Waals surface area contributed by atoms with Gasteiger partial charge in [0.05, 0.1) is 6.07 Å². The van der Waals surface area contributed by atoms with Gasteiger partial charge >= 0.3 is 0 Å². The normalized spacial score (nSPS) is 25.9. The maximum absolute atomic E-state index is 9.10. The van der Waals surface area contributed by atoms with Crippen molar-refractivity contribution in [2.45, 2.75) is 24.9 Å². The largest absolute Gasteiger partial charge is 0.360 e. The van der Waals surface area contributed by atoms with E-state index in [9.17, 15) is 0 Å². The summed E-state index contributed by atoms with van der Waals surface area (Å²) in [5.74, 6) is 0. The van der Waals surface area contributed by atoms with E-state index >= 15 is 0 Å². The van der Waals surface area contributed by atoms with E-state index < -0.39 is 5.60 Å². The first-order valence-corrected chi connectivity index (χ1v) is 4.94. The van der Waals surface area contributed by atoms with E-state index in [0.717, 1.165) is 19.4 Å². The van der Waals surface area contributed by atoms with Gasteiger partial charge in [-0.05, 0) is 18.4 Å². The molecule has 1 aromatic carbocycles. The minimum absolute atomic E-state index is 0.554. The molecule has 2 heteroatoms. The van der Waals surface area contributed by atoms with Crippen LogP contribution in [0.25, 0.3) is 0 Å². The molecule has 1 saturated heterocycles. The van der Waals surface area contributed by atoms with Crippen molar-refractivity contribution in [3.05, 3.63) is 35.9 Å². The molecule has 1 aliphatic heterocycles.